The van der Waals surface area contributed by atoms with E-state index in [0.717, 1.165) is 23.4 Å². The molecule has 0 aliphatic heterocycles. The van der Waals surface area contributed by atoms with Gasteiger partial charge in [-0.2, -0.15) is 0 Å². The summed E-state index contributed by atoms with van der Waals surface area (Å²) in [6.07, 6.45) is 4.63. The van der Waals surface area contributed by atoms with Crippen molar-refractivity contribution in [1.82, 2.24) is 4.98 Å². The van der Waals surface area contributed by atoms with E-state index in [0.29, 0.717) is 18.8 Å². The molecule has 3 N–H and O–H groups in total. The molecule has 4 heteroatoms. The Balaban J connectivity index is 2.08. The summed E-state index contributed by atoms with van der Waals surface area (Å²) in [6.45, 7) is 5.52. The predicted molar refractivity (Wildman–Crippen MR) is 82.9 cm³/mol. The molecule has 106 valence electrons. The molecule has 0 unspecified atom stereocenters. The number of nitrogens with two attached hydrogens (primary N) is 1. The van der Waals surface area contributed by atoms with Crippen LogP contribution in [-0.2, 0) is 6.54 Å². The molecular formula is C16H21N3O. The van der Waals surface area contributed by atoms with Crippen LogP contribution in [0.25, 0.3) is 0 Å². The number of pyridine rings is 1. The van der Waals surface area contributed by atoms with Gasteiger partial charge in [-0.05, 0) is 42.7 Å². The monoisotopic (exact) mass is 271 g/mol. The number of aromatic nitrogens is 1. The molecule has 0 saturated heterocycles. The molecule has 0 radical (unpaired) electrons. The molecule has 0 amide bonds. The second kappa shape index (κ2) is 6.80. The fourth-order valence-electron chi connectivity index (χ4n) is 1.91. The Hall–Kier alpha value is -2.23. The fourth-order valence-corrected chi connectivity index (χ4v) is 1.91. The van der Waals surface area contributed by atoms with Gasteiger partial charge in [0.15, 0.2) is 0 Å². The minimum atomic E-state index is 0.655. The highest BCUT2D eigenvalue weighted by atomic mass is 16.5. The van der Waals surface area contributed by atoms with Crippen LogP contribution in [0.15, 0.2) is 36.7 Å². The van der Waals surface area contributed by atoms with Crippen molar-refractivity contribution in [2.45, 2.75) is 26.8 Å². The van der Waals surface area contributed by atoms with Crippen molar-refractivity contribution in [3.63, 3.8) is 0 Å². The molecular weight excluding hydrogens is 250 g/mol. The van der Waals surface area contributed by atoms with Crippen LogP contribution in [0.5, 0.6) is 5.75 Å². The van der Waals surface area contributed by atoms with E-state index in [9.17, 15) is 0 Å². The normalized spacial score (nSPS) is 10.3. The van der Waals surface area contributed by atoms with Crippen LogP contribution in [0.4, 0.5) is 11.4 Å². The molecule has 0 spiro atoms. The highest BCUT2D eigenvalue weighted by molar-refractivity contribution is 5.72. The Morgan fingerprint density at radius 3 is 2.90 bits per heavy atom. The number of nitrogen functional groups attached to an aromatic ring is 1. The molecule has 2 aromatic rings. The predicted octanol–water partition coefficient (Wildman–Crippen LogP) is 3.37. The average Bonchev–Trinajstić information content (AvgIpc) is 2.46. The zero-order valence-corrected chi connectivity index (χ0v) is 12.0. The second-order valence-electron chi connectivity index (χ2n) is 4.72. The molecule has 1 aromatic heterocycles. The van der Waals surface area contributed by atoms with E-state index in [1.807, 2.05) is 30.5 Å². The average molecular weight is 271 g/mol. The lowest BCUT2D eigenvalue weighted by molar-refractivity contribution is 0.319. The van der Waals surface area contributed by atoms with Gasteiger partial charge < -0.3 is 15.8 Å². The third-order valence-corrected chi connectivity index (χ3v) is 3.14. The molecule has 1 heterocycles. The first kappa shape index (κ1) is 14.2. The van der Waals surface area contributed by atoms with E-state index in [-0.39, 0.29) is 0 Å². The number of nitrogens with zero attached hydrogens (tertiary/aromatic N) is 1. The maximum absolute atomic E-state index is 6.12. The van der Waals surface area contributed by atoms with Gasteiger partial charge in [0.05, 0.1) is 18.0 Å². The molecule has 0 bridgehead atoms. The lowest BCUT2D eigenvalue weighted by Gasteiger charge is -2.14. The van der Waals surface area contributed by atoms with E-state index in [2.05, 4.69) is 24.1 Å². The van der Waals surface area contributed by atoms with Crippen molar-refractivity contribution >= 4 is 11.4 Å². The highest BCUT2D eigenvalue weighted by Gasteiger charge is 2.06. The Kier molecular flexibility index (Phi) is 4.82. The zero-order chi connectivity index (χ0) is 14.4. The van der Waals surface area contributed by atoms with Crippen LogP contribution in [0.3, 0.4) is 0 Å². The number of hydrogen-bond acceptors (Lipinski definition) is 4. The molecule has 0 aliphatic carbocycles. The van der Waals surface area contributed by atoms with Crippen molar-refractivity contribution < 1.29 is 4.74 Å². The molecule has 0 fully saturated rings. The Labute approximate surface area is 120 Å². The number of rotatable bonds is 6. The summed E-state index contributed by atoms with van der Waals surface area (Å²) >= 11 is 0. The summed E-state index contributed by atoms with van der Waals surface area (Å²) in [5.74, 6) is 0.736. The van der Waals surface area contributed by atoms with E-state index in [1.54, 1.807) is 6.20 Å². The minimum absolute atomic E-state index is 0.655. The zero-order valence-electron chi connectivity index (χ0n) is 12.0. The topological polar surface area (TPSA) is 60.2 Å². The number of ether oxygens (including phenoxy) is 1. The SMILES string of the molecule is CCCOc1cccc(NCc2cnccc2C)c1N. The van der Waals surface area contributed by atoms with Gasteiger partial charge in [-0.1, -0.05) is 13.0 Å². The Morgan fingerprint density at radius 2 is 2.15 bits per heavy atom. The van der Waals surface area contributed by atoms with Gasteiger partial charge in [0.1, 0.15) is 5.75 Å². The summed E-state index contributed by atoms with van der Waals surface area (Å²) in [5, 5.41) is 3.34. The van der Waals surface area contributed by atoms with Crippen molar-refractivity contribution in [2.75, 3.05) is 17.7 Å². The second-order valence-corrected chi connectivity index (χ2v) is 4.72. The lowest BCUT2D eigenvalue weighted by atomic mass is 10.1. The quantitative estimate of drug-likeness (QED) is 0.791. The summed E-state index contributed by atoms with van der Waals surface area (Å²) in [4.78, 5) is 4.14. The van der Waals surface area contributed by atoms with Gasteiger partial charge in [0.2, 0.25) is 0 Å². The first-order valence-electron chi connectivity index (χ1n) is 6.87. The number of aryl methyl sites for hydroxylation is 1. The molecule has 1 aromatic carbocycles. The summed E-state index contributed by atoms with van der Waals surface area (Å²) < 4.78 is 5.63. The van der Waals surface area contributed by atoms with Crippen LogP contribution in [0, 0.1) is 6.92 Å². The minimum Gasteiger partial charge on any atom is -0.491 e. The first-order chi connectivity index (χ1) is 9.72. The molecule has 4 nitrogen and oxygen atoms in total. The van der Waals surface area contributed by atoms with Crippen molar-refractivity contribution in [1.29, 1.82) is 0 Å². The van der Waals surface area contributed by atoms with Crippen LogP contribution in [0.2, 0.25) is 0 Å². The van der Waals surface area contributed by atoms with Crippen LogP contribution in [0.1, 0.15) is 24.5 Å². The largest absolute Gasteiger partial charge is 0.491 e. The third-order valence-electron chi connectivity index (χ3n) is 3.14. The van der Waals surface area contributed by atoms with Crippen LogP contribution >= 0.6 is 0 Å². The van der Waals surface area contributed by atoms with Gasteiger partial charge in [0, 0.05) is 18.9 Å². The smallest absolute Gasteiger partial charge is 0.144 e. The lowest BCUT2D eigenvalue weighted by Crippen LogP contribution is -2.06. The van der Waals surface area contributed by atoms with E-state index < -0.39 is 0 Å². The first-order valence-corrected chi connectivity index (χ1v) is 6.87. The molecule has 0 atom stereocenters. The number of nitrogens with one attached hydrogen (secondary N) is 1. The van der Waals surface area contributed by atoms with E-state index in [1.165, 1.54) is 5.56 Å². The van der Waals surface area contributed by atoms with Gasteiger partial charge in [-0.25, -0.2) is 0 Å². The highest BCUT2D eigenvalue weighted by Crippen LogP contribution is 2.29. The van der Waals surface area contributed by atoms with E-state index >= 15 is 0 Å². The van der Waals surface area contributed by atoms with Gasteiger partial charge >= 0.3 is 0 Å². The number of hydrogen-bond donors (Lipinski definition) is 2. The number of para-hydroxylation sites is 1. The number of anilines is 2. The van der Waals surface area contributed by atoms with Crippen molar-refractivity contribution in [2.24, 2.45) is 0 Å². The standard InChI is InChI=1S/C16H21N3O/c1-3-9-20-15-6-4-5-14(16(15)17)19-11-13-10-18-8-7-12(13)2/h4-8,10,19H,3,9,11,17H2,1-2H3. The summed E-state index contributed by atoms with van der Waals surface area (Å²) in [6, 6.07) is 7.80. The maximum Gasteiger partial charge on any atom is 0.144 e. The molecule has 0 saturated carbocycles. The molecule has 0 aliphatic rings. The molecule has 2 rings (SSSR count). The van der Waals surface area contributed by atoms with Gasteiger partial charge in [-0.3, -0.25) is 4.98 Å². The van der Waals surface area contributed by atoms with Crippen molar-refractivity contribution in [3.8, 4) is 5.75 Å². The van der Waals surface area contributed by atoms with Crippen LogP contribution < -0.4 is 15.8 Å². The third kappa shape index (κ3) is 3.41. The fraction of sp³-hybridized carbons (Fsp3) is 0.312. The Bertz CT molecular complexity index is 569. The Morgan fingerprint density at radius 1 is 1.30 bits per heavy atom. The summed E-state index contributed by atoms with van der Waals surface area (Å²) in [7, 11) is 0. The van der Waals surface area contributed by atoms with Gasteiger partial charge in [-0.15, -0.1) is 0 Å². The van der Waals surface area contributed by atoms with Crippen molar-refractivity contribution in [3.05, 3.63) is 47.8 Å². The van der Waals surface area contributed by atoms with Gasteiger partial charge in [0.25, 0.3) is 0 Å². The number of benzene rings is 1. The van der Waals surface area contributed by atoms with Crippen LogP contribution in [-0.4, -0.2) is 11.6 Å². The summed E-state index contributed by atoms with van der Waals surface area (Å²) in [5.41, 5.74) is 10.0. The molecule has 20 heavy (non-hydrogen) atoms. The maximum atomic E-state index is 6.12. The van der Waals surface area contributed by atoms with E-state index in [4.69, 9.17) is 10.5 Å².